The van der Waals surface area contributed by atoms with Gasteiger partial charge in [-0.2, -0.15) is 0 Å². The molecule has 186 valence electrons. The number of nitrogens with zero attached hydrogens (tertiary/aromatic N) is 5. The van der Waals surface area contributed by atoms with Crippen LogP contribution in [0.25, 0.3) is 28.1 Å². The summed E-state index contributed by atoms with van der Waals surface area (Å²) in [5, 5.41) is 12.8. The zero-order chi connectivity index (χ0) is 25.2. The summed E-state index contributed by atoms with van der Waals surface area (Å²) >= 11 is 0. The standard InChI is InChI=1S/C29H28N6O2/c1-29(31-28(36)37-20-21-8-3-2-4-9-21)15-18-34(19-16-29)24-11-7-10-22-13-14-23(30-26(22)24)27-33-32-25-12-5-6-17-35(25)27/h2-14,17H,15-16,18-20H2,1H3,(H,31,36). The minimum absolute atomic E-state index is 0.264. The highest BCUT2D eigenvalue weighted by Crippen LogP contribution is 2.32. The fraction of sp³-hybridized carbons (Fsp3) is 0.241. The molecule has 8 nitrogen and oxygen atoms in total. The van der Waals surface area contributed by atoms with Crippen LogP contribution in [-0.4, -0.2) is 44.3 Å². The summed E-state index contributed by atoms with van der Waals surface area (Å²) in [6, 6.07) is 25.9. The molecule has 0 radical (unpaired) electrons. The Morgan fingerprint density at radius 1 is 0.946 bits per heavy atom. The van der Waals surface area contributed by atoms with Gasteiger partial charge in [-0.25, -0.2) is 9.78 Å². The second-order valence-electron chi connectivity index (χ2n) is 9.73. The first-order chi connectivity index (χ1) is 18.1. The van der Waals surface area contributed by atoms with Gasteiger partial charge in [-0.15, -0.1) is 10.2 Å². The molecule has 1 amide bonds. The largest absolute Gasteiger partial charge is 0.445 e. The summed E-state index contributed by atoms with van der Waals surface area (Å²) in [7, 11) is 0. The summed E-state index contributed by atoms with van der Waals surface area (Å²) in [6.07, 6.45) is 3.18. The first-order valence-electron chi connectivity index (χ1n) is 12.5. The lowest BCUT2D eigenvalue weighted by atomic mass is 9.89. The van der Waals surface area contributed by atoms with Gasteiger partial charge < -0.3 is 15.0 Å². The Balaban J connectivity index is 1.18. The molecule has 8 heteroatoms. The van der Waals surface area contributed by atoms with Crippen molar-refractivity contribution >= 4 is 28.3 Å². The van der Waals surface area contributed by atoms with Crippen LogP contribution in [0, 0.1) is 0 Å². The molecule has 2 aromatic carbocycles. The van der Waals surface area contributed by atoms with Crippen molar-refractivity contribution in [3.63, 3.8) is 0 Å². The van der Waals surface area contributed by atoms with Crippen LogP contribution in [0.4, 0.5) is 10.5 Å². The number of aromatic nitrogens is 4. The number of carbonyl (C=O) groups is 1. The number of rotatable bonds is 5. The number of amides is 1. The molecule has 1 aliphatic rings. The molecule has 0 bridgehead atoms. The smallest absolute Gasteiger partial charge is 0.407 e. The minimum Gasteiger partial charge on any atom is -0.445 e. The number of ether oxygens (including phenoxy) is 1. The van der Waals surface area contributed by atoms with Gasteiger partial charge in [0.2, 0.25) is 0 Å². The molecule has 37 heavy (non-hydrogen) atoms. The Bertz CT molecular complexity index is 1560. The van der Waals surface area contributed by atoms with Crippen molar-refractivity contribution in [2.75, 3.05) is 18.0 Å². The highest BCUT2D eigenvalue weighted by Gasteiger charge is 2.32. The predicted octanol–water partition coefficient (Wildman–Crippen LogP) is 5.23. The maximum Gasteiger partial charge on any atom is 0.407 e. The average Bonchev–Trinajstić information content (AvgIpc) is 3.37. The molecule has 5 aromatic rings. The Morgan fingerprint density at radius 2 is 1.76 bits per heavy atom. The number of nitrogens with one attached hydrogen (secondary N) is 1. The lowest BCUT2D eigenvalue weighted by Gasteiger charge is -2.40. The average molecular weight is 493 g/mol. The van der Waals surface area contributed by atoms with E-state index in [0.29, 0.717) is 0 Å². The number of fused-ring (bicyclic) bond motifs is 2. The van der Waals surface area contributed by atoms with Gasteiger partial charge in [-0.05, 0) is 49.6 Å². The Morgan fingerprint density at radius 3 is 2.59 bits per heavy atom. The van der Waals surface area contributed by atoms with Crippen LogP contribution in [0.1, 0.15) is 25.3 Å². The maximum atomic E-state index is 12.5. The number of piperidine rings is 1. The van der Waals surface area contributed by atoms with Crippen LogP contribution in [0.15, 0.2) is 85.1 Å². The lowest BCUT2D eigenvalue weighted by molar-refractivity contribution is 0.123. The predicted molar refractivity (Wildman–Crippen MR) is 143 cm³/mol. The number of para-hydroxylation sites is 1. The van der Waals surface area contributed by atoms with E-state index in [4.69, 9.17) is 9.72 Å². The number of benzene rings is 2. The van der Waals surface area contributed by atoms with Gasteiger partial charge in [0.1, 0.15) is 12.3 Å². The molecule has 3 aromatic heterocycles. The van der Waals surface area contributed by atoms with Crippen LogP contribution >= 0.6 is 0 Å². The number of alkyl carbamates (subject to hydrolysis) is 1. The van der Waals surface area contributed by atoms with Crippen LogP contribution < -0.4 is 10.2 Å². The second kappa shape index (κ2) is 9.54. The number of hydrogen-bond donors (Lipinski definition) is 1. The number of hydrogen-bond acceptors (Lipinski definition) is 6. The van der Waals surface area contributed by atoms with Crippen LogP contribution in [-0.2, 0) is 11.3 Å². The maximum absolute atomic E-state index is 12.5. The Kier molecular flexibility index (Phi) is 5.92. The summed E-state index contributed by atoms with van der Waals surface area (Å²) in [5.74, 6) is 0.719. The van der Waals surface area contributed by atoms with E-state index in [1.807, 2.05) is 65.2 Å². The topological polar surface area (TPSA) is 84.6 Å². The summed E-state index contributed by atoms with van der Waals surface area (Å²) in [5.41, 5.74) is 4.24. The van der Waals surface area contributed by atoms with Crippen molar-refractivity contribution in [2.45, 2.75) is 31.9 Å². The third-order valence-electron chi connectivity index (χ3n) is 7.07. The van der Waals surface area contributed by atoms with Crippen molar-refractivity contribution in [2.24, 2.45) is 0 Å². The molecular formula is C29H28N6O2. The van der Waals surface area contributed by atoms with Crippen molar-refractivity contribution in [1.82, 2.24) is 24.9 Å². The SMILES string of the molecule is CC1(NC(=O)OCc2ccccc2)CCN(c2cccc3ccc(-c4nnc5ccccn45)nc23)CC1. The van der Waals surface area contributed by atoms with Crippen molar-refractivity contribution in [1.29, 1.82) is 0 Å². The van der Waals surface area contributed by atoms with Crippen molar-refractivity contribution in [3.8, 4) is 11.5 Å². The second-order valence-corrected chi connectivity index (χ2v) is 9.73. The molecule has 0 unspecified atom stereocenters. The Hall–Kier alpha value is -4.46. The van der Waals surface area contributed by atoms with Crippen LogP contribution in [0.2, 0.25) is 0 Å². The molecule has 1 aliphatic heterocycles. The fourth-order valence-electron chi connectivity index (χ4n) is 4.90. The van der Waals surface area contributed by atoms with Gasteiger partial charge in [0.25, 0.3) is 0 Å². The van der Waals surface area contributed by atoms with Gasteiger partial charge >= 0.3 is 6.09 Å². The van der Waals surface area contributed by atoms with Gasteiger partial charge in [0.05, 0.1) is 11.2 Å². The molecule has 0 aliphatic carbocycles. The normalized spacial score (nSPS) is 15.1. The van der Waals surface area contributed by atoms with Gasteiger partial charge in [0, 0.05) is 30.2 Å². The first kappa shape index (κ1) is 23.0. The van der Waals surface area contributed by atoms with Crippen LogP contribution in [0.5, 0.6) is 0 Å². The number of pyridine rings is 2. The highest BCUT2D eigenvalue weighted by atomic mass is 16.5. The fourth-order valence-corrected chi connectivity index (χ4v) is 4.90. The number of anilines is 1. The molecule has 0 spiro atoms. The Labute approximate surface area is 214 Å². The van der Waals surface area contributed by atoms with E-state index in [0.717, 1.165) is 65.3 Å². The van der Waals surface area contributed by atoms with Gasteiger partial charge in [-0.1, -0.05) is 54.6 Å². The zero-order valence-electron chi connectivity index (χ0n) is 20.7. The highest BCUT2D eigenvalue weighted by molar-refractivity contribution is 5.92. The van der Waals surface area contributed by atoms with Crippen molar-refractivity contribution in [3.05, 3.63) is 90.6 Å². The van der Waals surface area contributed by atoms with Gasteiger partial charge in [0.15, 0.2) is 11.5 Å². The summed E-state index contributed by atoms with van der Waals surface area (Å²) in [6.45, 7) is 3.95. The van der Waals surface area contributed by atoms with E-state index in [1.54, 1.807) is 0 Å². The first-order valence-corrected chi connectivity index (χ1v) is 12.5. The molecule has 4 heterocycles. The van der Waals surface area contributed by atoms with E-state index in [1.165, 1.54) is 0 Å². The lowest BCUT2D eigenvalue weighted by Crippen LogP contribution is -2.53. The minimum atomic E-state index is -0.378. The molecule has 1 saturated heterocycles. The van der Waals surface area contributed by atoms with Crippen LogP contribution in [0.3, 0.4) is 0 Å². The quantitative estimate of drug-likeness (QED) is 0.362. The van der Waals surface area contributed by atoms with E-state index >= 15 is 0 Å². The van der Waals surface area contributed by atoms with Crippen molar-refractivity contribution < 1.29 is 9.53 Å². The molecule has 6 rings (SSSR count). The van der Waals surface area contributed by atoms with E-state index in [2.05, 4.69) is 51.6 Å². The monoisotopic (exact) mass is 492 g/mol. The molecular weight excluding hydrogens is 464 g/mol. The third kappa shape index (κ3) is 4.70. The molecule has 0 atom stereocenters. The molecule has 0 saturated carbocycles. The van der Waals surface area contributed by atoms with E-state index in [-0.39, 0.29) is 18.2 Å². The molecule has 1 fully saturated rings. The molecule has 1 N–H and O–H groups in total. The van der Waals surface area contributed by atoms with E-state index in [9.17, 15) is 4.79 Å². The van der Waals surface area contributed by atoms with Gasteiger partial charge in [-0.3, -0.25) is 4.40 Å². The zero-order valence-corrected chi connectivity index (χ0v) is 20.7. The van der Waals surface area contributed by atoms with E-state index < -0.39 is 0 Å². The summed E-state index contributed by atoms with van der Waals surface area (Å²) in [4.78, 5) is 19.9. The summed E-state index contributed by atoms with van der Waals surface area (Å²) < 4.78 is 7.41. The number of carbonyl (C=O) groups excluding carboxylic acids is 1. The third-order valence-corrected chi connectivity index (χ3v) is 7.07.